The Morgan fingerprint density at radius 3 is 2.65 bits per heavy atom. The molecule has 1 heterocycles. The highest BCUT2D eigenvalue weighted by Crippen LogP contribution is 2.21. The Kier molecular flexibility index (Phi) is 5.36. The second kappa shape index (κ2) is 6.84. The lowest BCUT2D eigenvalue weighted by Crippen LogP contribution is -2.48. The first-order valence-electron chi connectivity index (χ1n) is 6.31. The van der Waals surface area contributed by atoms with Gasteiger partial charge >= 0.3 is 0 Å². The molecule has 0 bridgehead atoms. The van der Waals surface area contributed by atoms with E-state index < -0.39 is 10.0 Å². The second-order valence-electron chi connectivity index (χ2n) is 4.48. The molecule has 1 aliphatic rings. The summed E-state index contributed by atoms with van der Waals surface area (Å²) in [7, 11) is -1.79. The number of nitrogens with one attached hydrogen (secondary N) is 2. The van der Waals surface area contributed by atoms with E-state index in [9.17, 15) is 8.42 Å². The number of sulfonamides is 1. The van der Waals surface area contributed by atoms with E-state index >= 15 is 0 Å². The zero-order chi connectivity index (χ0) is 14.6. The average Bonchev–Trinajstić information content (AvgIpc) is 2.42. The third-order valence-electron chi connectivity index (χ3n) is 2.96. The van der Waals surface area contributed by atoms with Crippen LogP contribution < -0.4 is 10.1 Å². The summed E-state index contributed by atoms with van der Waals surface area (Å²) in [5, 5.41) is 5.04. The molecule has 1 aromatic carbocycles. The van der Waals surface area contributed by atoms with Crippen molar-refractivity contribution >= 4 is 21.6 Å². The van der Waals surface area contributed by atoms with E-state index in [0.29, 0.717) is 37.9 Å². The number of ether oxygens (including phenoxy) is 1. The van der Waals surface area contributed by atoms with Gasteiger partial charge in [-0.1, -0.05) is 17.7 Å². The lowest BCUT2D eigenvalue weighted by molar-refractivity contribution is 0.0272. The summed E-state index contributed by atoms with van der Waals surface area (Å²) in [5.74, 6) is 0. The Bertz CT molecular complexity index is 559. The fourth-order valence-electron chi connectivity index (χ4n) is 1.91. The number of nitrogens with zero attached hydrogens (tertiary/aromatic N) is 1. The Hall–Kier alpha value is -0.700. The van der Waals surface area contributed by atoms with Gasteiger partial charge in [-0.2, -0.15) is 0 Å². The van der Waals surface area contributed by atoms with Crippen LogP contribution in [0.2, 0.25) is 5.02 Å². The van der Waals surface area contributed by atoms with Crippen molar-refractivity contribution in [1.82, 2.24) is 15.2 Å². The molecule has 20 heavy (non-hydrogen) atoms. The minimum atomic E-state index is -3.60. The smallest absolute Gasteiger partial charge is 0.253 e. The highest BCUT2D eigenvalue weighted by Gasteiger charge is 2.20. The van der Waals surface area contributed by atoms with Crippen LogP contribution in [0.1, 0.15) is 5.56 Å². The van der Waals surface area contributed by atoms with E-state index in [-0.39, 0.29) is 4.90 Å². The molecule has 0 radical (unpaired) electrons. The minimum absolute atomic E-state index is 0.161. The van der Waals surface area contributed by atoms with Crippen molar-refractivity contribution in [2.75, 3.05) is 33.4 Å². The molecule has 8 heteroatoms. The van der Waals surface area contributed by atoms with Gasteiger partial charge in [-0.25, -0.2) is 13.4 Å². The first-order valence-corrected chi connectivity index (χ1v) is 8.17. The lowest BCUT2D eigenvalue weighted by atomic mass is 10.2. The molecule has 0 spiro atoms. The topological polar surface area (TPSA) is 70.7 Å². The summed E-state index contributed by atoms with van der Waals surface area (Å²) in [6.07, 6.45) is 0. The van der Waals surface area contributed by atoms with Crippen LogP contribution in [0.15, 0.2) is 23.1 Å². The summed E-state index contributed by atoms with van der Waals surface area (Å²) >= 11 is 6.09. The number of benzene rings is 1. The van der Waals surface area contributed by atoms with Crippen molar-refractivity contribution in [3.05, 3.63) is 28.8 Å². The molecule has 1 aliphatic heterocycles. The van der Waals surface area contributed by atoms with Gasteiger partial charge in [0.15, 0.2) is 0 Å². The third kappa shape index (κ3) is 3.91. The zero-order valence-electron chi connectivity index (χ0n) is 11.2. The van der Waals surface area contributed by atoms with Gasteiger partial charge in [-0.3, -0.25) is 0 Å². The molecule has 0 atom stereocenters. The fourth-order valence-corrected chi connectivity index (χ4v) is 3.37. The van der Waals surface area contributed by atoms with Crippen LogP contribution in [-0.4, -0.2) is 46.8 Å². The number of rotatable bonds is 5. The van der Waals surface area contributed by atoms with Crippen LogP contribution in [0, 0.1) is 0 Å². The Morgan fingerprint density at radius 1 is 1.35 bits per heavy atom. The van der Waals surface area contributed by atoms with Gasteiger partial charge < -0.3 is 10.1 Å². The number of hydrogen-bond acceptors (Lipinski definition) is 5. The lowest BCUT2D eigenvalue weighted by Gasteiger charge is -2.26. The minimum Gasteiger partial charge on any atom is -0.379 e. The third-order valence-corrected chi connectivity index (χ3v) is 4.69. The first-order chi connectivity index (χ1) is 9.53. The molecule has 0 aliphatic carbocycles. The molecule has 2 N–H and O–H groups in total. The fraction of sp³-hybridized carbons (Fsp3) is 0.500. The summed E-state index contributed by atoms with van der Waals surface area (Å²) in [5.41, 5.74) is 0.861. The van der Waals surface area contributed by atoms with Crippen LogP contribution >= 0.6 is 11.6 Å². The summed E-state index contributed by atoms with van der Waals surface area (Å²) in [6, 6.07) is 4.74. The molecular formula is C12H18ClN3O3S. The molecule has 1 fully saturated rings. The van der Waals surface area contributed by atoms with Gasteiger partial charge in [0.25, 0.3) is 10.0 Å². The molecule has 0 unspecified atom stereocenters. The Labute approximate surface area is 124 Å². The van der Waals surface area contributed by atoms with Crippen molar-refractivity contribution in [3.8, 4) is 0 Å². The number of hydrogen-bond donors (Lipinski definition) is 2. The molecule has 1 saturated heterocycles. The van der Waals surface area contributed by atoms with Gasteiger partial charge in [-0.05, 0) is 24.7 Å². The quantitative estimate of drug-likeness (QED) is 0.831. The van der Waals surface area contributed by atoms with E-state index in [1.54, 1.807) is 24.2 Å². The molecule has 112 valence electrons. The van der Waals surface area contributed by atoms with Crippen LogP contribution in [0.5, 0.6) is 0 Å². The first kappa shape index (κ1) is 15.7. The largest absolute Gasteiger partial charge is 0.379 e. The van der Waals surface area contributed by atoms with Crippen molar-refractivity contribution in [3.63, 3.8) is 0 Å². The highest BCUT2D eigenvalue weighted by atomic mass is 35.5. The van der Waals surface area contributed by atoms with Gasteiger partial charge in [0.05, 0.1) is 18.1 Å². The van der Waals surface area contributed by atoms with Crippen molar-refractivity contribution in [2.24, 2.45) is 0 Å². The van der Waals surface area contributed by atoms with Crippen LogP contribution in [0.3, 0.4) is 0 Å². The van der Waals surface area contributed by atoms with Crippen molar-refractivity contribution in [2.45, 2.75) is 11.4 Å². The maximum absolute atomic E-state index is 12.3. The monoisotopic (exact) mass is 319 g/mol. The highest BCUT2D eigenvalue weighted by molar-refractivity contribution is 7.89. The van der Waals surface area contributed by atoms with Gasteiger partial charge in [-0.15, -0.1) is 4.83 Å². The van der Waals surface area contributed by atoms with E-state index in [1.165, 1.54) is 6.07 Å². The van der Waals surface area contributed by atoms with Crippen LogP contribution in [0.25, 0.3) is 0 Å². The van der Waals surface area contributed by atoms with E-state index in [4.69, 9.17) is 16.3 Å². The number of hydrazine groups is 1. The molecule has 1 aromatic rings. The molecule has 0 amide bonds. The summed E-state index contributed by atoms with van der Waals surface area (Å²) in [4.78, 5) is 2.70. The SMILES string of the molecule is CNCc1ccc(S(=O)(=O)NN2CCOCC2)cc1Cl. The standard InChI is InChI=1S/C12H18ClN3O3S/c1-14-9-10-2-3-11(8-12(10)13)20(17,18)15-16-4-6-19-7-5-16/h2-3,8,14-15H,4-7,9H2,1H3. The molecule has 2 rings (SSSR count). The van der Waals surface area contributed by atoms with Gasteiger partial charge in [0.1, 0.15) is 0 Å². The van der Waals surface area contributed by atoms with Crippen LogP contribution in [0.4, 0.5) is 0 Å². The summed E-state index contributed by atoms with van der Waals surface area (Å²) < 4.78 is 29.7. The number of halogens is 1. The predicted octanol–water partition coefficient (Wildman–Crippen LogP) is 0.585. The van der Waals surface area contributed by atoms with Crippen molar-refractivity contribution in [1.29, 1.82) is 0 Å². The maximum atomic E-state index is 12.3. The van der Waals surface area contributed by atoms with E-state index in [0.717, 1.165) is 5.56 Å². The zero-order valence-corrected chi connectivity index (χ0v) is 12.8. The molecule has 0 saturated carbocycles. The van der Waals surface area contributed by atoms with Gasteiger partial charge in [0, 0.05) is 24.7 Å². The van der Waals surface area contributed by atoms with E-state index in [2.05, 4.69) is 10.1 Å². The van der Waals surface area contributed by atoms with E-state index in [1.807, 2.05) is 0 Å². The summed E-state index contributed by atoms with van der Waals surface area (Å²) in [6.45, 7) is 2.69. The van der Waals surface area contributed by atoms with Crippen molar-refractivity contribution < 1.29 is 13.2 Å². The Balaban J connectivity index is 2.14. The average molecular weight is 320 g/mol. The van der Waals surface area contributed by atoms with Gasteiger partial charge in [0.2, 0.25) is 0 Å². The maximum Gasteiger partial charge on any atom is 0.253 e. The molecule has 6 nitrogen and oxygen atoms in total. The number of morpholine rings is 1. The second-order valence-corrected chi connectivity index (χ2v) is 6.55. The Morgan fingerprint density at radius 2 is 2.05 bits per heavy atom. The van der Waals surface area contributed by atoms with Crippen LogP contribution in [-0.2, 0) is 21.3 Å². The predicted molar refractivity (Wildman–Crippen MR) is 76.9 cm³/mol. The molecular weight excluding hydrogens is 302 g/mol. The normalized spacial score (nSPS) is 17.3. The molecule has 0 aromatic heterocycles.